The fourth-order valence-corrected chi connectivity index (χ4v) is 4.27. The molecule has 2 heterocycles. The van der Waals surface area contributed by atoms with Gasteiger partial charge in [-0.1, -0.05) is 41.5 Å². The van der Waals surface area contributed by atoms with Crippen molar-refractivity contribution in [1.82, 2.24) is 19.6 Å². The SMILES string of the molecule is [C-]#[N+]c1cn(-c2[c-]ccc(C(C)(C)C)c2)nc1C(C)(C)c1nn(-c2[c-]ccc(C(C)(C)C)c2)cc1C#N.[Pt+2]. The van der Waals surface area contributed by atoms with Crippen LogP contribution in [0.1, 0.15) is 83.5 Å². The molecule has 4 aromatic rings. The molecule has 0 bridgehead atoms. The van der Waals surface area contributed by atoms with Crippen LogP contribution in [0.15, 0.2) is 48.8 Å². The smallest absolute Gasteiger partial charge is 0.277 e. The first-order valence-corrected chi connectivity index (χ1v) is 12.3. The summed E-state index contributed by atoms with van der Waals surface area (Å²) in [6, 6.07) is 20.7. The molecule has 7 heteroatoms. The van der Waals surface area contributed by atoms with Crippen molar-refractivity contribution in [3.63, 3.8) is 0 Å². The van der Waals surface area contributed by atoms with Crippen molar-refractivity contribution in [2.45, 2.75) is 71.6 Å². The van der Waals surface area contributed by atoms with Crippen LogP contribution in [-0.2, 0) is 37.3 Å². The Labute approximate surface area is 240 Å². The number of nitrogens with zero attached hydrogens (tertiary/aromatic N) is 6. The van der Waals surface area contributed by atoms with Gasteiger partial charge in [-0.05, 0) is 36.1 Å². The maximum absolute atomic E-state index is 9.98. The van der Waals surface area contributed by atoms with E-state index in [9.17, 15) is 5.26 Å². The molecule has 4 rings (SSSR count). The van der Waals surface area contributed by atoms with E-state index in [0.29, 0.717) is 22.6 Å². The van der Waals surface area contributed by atoms with Gasteiger partial charge in [-0.3, -0.25) is 9.36 Å². The number of benzene rings is 2. The standard InChI is InChI=1S/C31H32N6.Pt/c1-29(2,3)22-12-10-14-24(16-22)36-19-21(18-32)27(34-36)31(7,8)28-26(33-9)20-37(35-28)25-15-11-13-23(17-25)30(4,5)6;/h10-13,16-17,19-20H,1-8H3;/q-2;+2. The van der Waals surface area contributed by atoms with E-state index in [0.717, 1.165) is 22.5 Å². The maximum atomic E-state index is 9.98. The molecule has 0 amide bonds. The largest absolute Gasteiger partial charge is 2.00 e. The monoisotopic (exact) mass is 683 g/mol. The van der Waals surface area contributed by atoms with Crippen molar-refractivity contribution in [2.75, 3.05) is 0 Å². The summed E-state index contributed by atoms with van der Waals surface area (Å²) in [5.41, 5.74) is 4.94. The minimum Gasteiger partial charge on any atom is -0.277 e. The van der Waals surface area contributed by atoms with Crippen LogP contribution in [-0.4, -0.2) is 19.6 Å². The molecule has 0 radical (unpaired) electrons. The normalized spacial score (nSPS) is 11.9. The second-order valence-corrected chi connectivity index (χ2v) is 11.9. The van der Waals surface area contributed by atoms with Gasteiger partial charge in [0, 0.05) is 17.8 Å². The summed E-state index contributed by atoms with van der Waals surface area (Å²) in [6.07, 6.45) is 3.45. The third-order valence-electron chi connectivity index (χ3n) is 6.63. The van der Waals surface area contributed by atoms with Crippen LogP contribution in [0.25, 0.3) is 16.2 Å². The van der Waals surface area contributed by atoms with Crippen LogP contribution >= 0.6 is 0 Å². The van der Waals surface area contributed by atoms with Crippen LogP contribution in [0.3, 0.4) is 0 Å². The molecule has 2 aromatic carbocycles. The van der Waals surface area contributed by atoms with Crippen LogP contribution in [0.2, 0.25) is 0 Å². The fraction of sp³-hybridized carbons (Fsp3) is 0.355. The van der Waals surface area contributed by atoms with Crippen molar-refractivity contribution < 1.29 is 21.1 Å². The maximum Gasteiger partial charge on any atom is 2.00 e. The van der Waals surface area contributed by atoms with Crippen LogP contribution in [0.4, 0.5) is 5.69 Å². The molecule has 0 N–H and O–H groups in total. The first-order chi connectivity index (χ1) is 17.3. The summed E-state index contributed by atoms with van der Waals surface area (Å²) < 4.78 is 3.39. The topological polar surface area (TPSA) is 63.8 Å². The van der Waals surface area contributed by atoms with E-state index in [1.165, 1.54) is 0 Å². The molecular formula is C31H32N6Pt. The van der Waals surface area contributed by atoms with E-state index >= 15 is 0 Å². The Kier molecular flexibility index (Phi) is 7.93. The average Bonchev–Trinajstić information content (AvgIpc) is 3.49. The summed E-state index contributed by atoms with van der Waals surface area (Å²) in [5, 5.41) is 19.6. The molecule has 0 saturated carbocycles. The molecule has 2 aromatic heterocycles. The third-order valence-corrected chi connectivity index (χ3v) is 6.63. The number of nitriles is 1. The van der Waals surface area contributed by atoms with E-state index in [2.05, 4.69) is 64.6 Å². The molecule has 0 aliphatic carbocycles. The van der Waals surface area contributed by atoms with E-state index in [1.54, 1.807) is 21.8 Å². The van der Waals surface area contributed by atoms with E-state index < -0.39 is 5.41 Å². The van der Waals surface area contributed by atoms with Gasteiger partial charge in [-0.15, -0.1) is 12.1 Å². The van der Waals surface area contributed by atoms with Crippen molar-refractivity contribution in [3.8, 4) is 17.4 Å². The molecule has 0 spiro atoms. The molecule has 38 heavy (non-hydrogen) atoms. The van der Waals surface area contributed by atoms with Crippen molar-refractivity contribution in [2.24, 2.45) is 0 Å². The first kappa shape index (κ1) is 29.1. The fourth-order valence-electron chi connectivity index (χ4n) is 4.27. The van der Waals surface area contributed by atoms with E-state index in [1.807, 2.05) is 50.2 Å². The number of aromatic nitrogens is 4. The van der Waals surface area contributed by atoms with Gasteiger partial charge in [0.25, 0.3) is 0 Å². The Morgan fingerprint density at radius 3 is 1.74 bits per heavy atom. The predicted molar refractivity (Wildman–Crippen MR) is 145 cm³/mol. The van der Waals surface area contributed by atoms with Crippen molar-refractivity contribution in [3.05, 3.63) is 100 Å². The van der Waals surface area contributed by atoms with Gasteiger partial charge in [-0.2, -0.15) is 63.0 Å². The van der Waals surface area contributed by atoms with Gasteiger partial charge < -0.3 is 0 Å². The summed E-state index contributed by atoms with van der Waals surface area (Å²) >= 11 is 0. The Morgan fingerprint density at radius 1 is 0.816 bits per heavy atom. The molecule has 0 fully saturated rings. The van der Waals surface area contributed by atoms with E-state index in [-0.39, 0.29) is 31.9 Å². The van der Waals surface area contributed by atoms with Crippen LogP contribution < -0.4 is 0 Å². The molecule has 0 aliphatic heterocycles. The quantitative estimate of drug-likeness (QED) is 0.218. The number of rotatable bonds is 4. The van der Waals surface area contributed by atoms with Crippen molar-refractivity contribution in [1.29, 1.82) is 5.26 Å². The van der Waals surface area contributed by atoms with Crippen LogP contribution in [0.5, 0.6) is 0 Å². The van der Waals surface area contributed by atoms with Gasteiger partial charge in [0.2, 0.25) is 5.69 Å². The van der Waals surface area contributed by atoms with Gasteiger partial charge in [0.05, 0.1) is 23.5 Å². The average molecular weight is 684 g/mol. The van der Waals surface area contributed by atoms with Gasteiger partial charge >= 0.3 is 21.1 Å². The summed E-state index contributed by atoms with van der Waals surface area (Å²) in [6.45, 7) is 24.7. The minimum atomic E-state index is -0.801. The second-order valence-electron chi connectivity index (χ2n) is 11.9. The zero-order valence-electron chi connectivity index (χ0n) is 23.1. The van der Waals surface area contributed by atoms with Gasteiger partial charge in [0.1, 0.15) is 6.07 Å². The van der Waals surface area contributed by atoms with Crippen LogP contribution in [0, 0.1) is 30.0 Å². The zero-order valence-corrected chi connectivity index (χ0v) is 25.4. The number of hydrogen-bond acceptors (Lipinski definition) is 3. The molecule has 6 nitrogen and oxygen atoms in total. The molecule has 196 valence electrons. The van der Waals surface area contributed by atoms with Gasteiger partial charge in [-0.25, -0.2) is 4.85 Å². The Hall–Kier alpha value is -3.47. The zero-order chi connectivity index (χ0) is 27.2. The molecular weight excluding hydrogens is 651 g/mol. The summed E-state index contributed by atoms with van der Waals surface area (Å²) in [7, 11) is 0. The first-order valence-electron chi connectivity index (χ1n) is 12.3. The molecule has 0 atom stereocenters. The number of hydrogen-bond donors (Lipinski definition) is 0. The molecule has 0 aliphatic rings. The third kappa shape index (κ3) is 5.52. The van der Waals surface area contributed by atoms with Gasteiger partial charge in [0.15, 0.2) is 0 Å². The second kappa shape index (κ2) is 10.4. The predicted octanol–water partition coefficient (Wildman–Crippen LogP) is 7.00. The molecule has 0 unspecified atom stereocenters. The summed E-state index contributed by atoms with van der Waals surface area (Å²) in [5.74, 6) is 0. The van der Waals surface area contributed by atoms with Crippen molar-refractivity contribution >= 4 is 5.69 Å². The Morgan fingerprint density at radius 2 is 1.29 bits per heavy atom. The Bertz CT molecular complexity index is 1430. The summed E-state index contributed by atoms with van der Waals surface area (Å²) in [4.78, 5) is 3.77. The minimum absolute atomic E-state index is 0. The molecule has 0 saturated heterocycles. The Balaban J connectivity index is 0.00000400. The van der Waals surface area contributed by atoms with E-state index in [4.69, 9.17) is 16.8 Å².